The molecule has 1 N–H and O–H groups in total. The lowest BCUT2D eigenvalue weighted by Crippen LogP contribution is -2.56. The fourth-order valence-electron chi connectivity index (χ4n) is 2.82. The Labute approximate surface area is 124 Å². The van der Waals surface area contributed by atoms with Crippen molar-refractivity contribution >= 4 is 0 Å². The van der Waals surface area contributed by atoms with Crippen molar-refractivity contribution in [3.63, 3.8) is 0 Å². The molecule has 120 valence electrons. The summed E-state index contributed by atoms with van der Waals surface area (Å²) in [5, 5.41) is 22.3. The van der Waals surface area contributed by atoms with Gasteiger partial charge in [-0.3, -0.25) is 0 Å². The summed E-state index contributed by atoms with van der Waals surface area (Å²) in [6.07, 6.45) is 11.3. The van der Waals surface area contributed by atoms with Crippen LogP contribution in [0.5, 0.6) is 0 Å². The van der Waals surface area contributed by atoms with Gasteiger partial charge in [-0.2, -0.15) is 0 Å². The Hall–Kier alpha value is -0.160. The van der Waals surface area contributed by atoms with E-state index in [2.05, 4.69) is 6.92 Å². The summed E-state index contributed by atoms with van der Waals surface area (Å²) in [6.45, 7) is 4.01. The molecule has 0 aromatic heterocycles. The Morgan fingerprint density at radius 1 is 0.950 bits per heavy atom. The first kappa shape index (κ1) is 17.9. The van der Waals surface area contributed by atoms with Gasteiger partial charge in [0.2, 0.25) is 0 Å². The molecule has 1 aliphatic rings. The molecule has 1 unspecified atom stereocenters. The summed E-state index contributed by atoms with van der Waals surface area (Å²) in [7, 11) is 0. The molecule has 0 aromatic carbocycles. The number of unbranched alkanes of at least 4 members (excludes halogenated alkanes) is 8. The molecule has 0 saturated carbocycles. The average molecular weight is 287 g/mol. The highest BCUT2D eigenvalue weighted by Gasteiger charge is 2.28. The number of hydroxylamine groups is 3. The van der Waals surface area contributed by atoms with Gasteiger partial charge in [-0.05, 0) is 6.42 Å². The second kappa shape index (κ2) is 10.6. The van der Waals surface area contributed by atoms with Crippen LogP contribution in [0.2, 0.25) is 0 Å². The first-order valence-electron chi connectivity index (χ1n) is 8.52. The minimum absolute atomic E-state index is 0.401. The van der Waals surface area contributed by atoms with Crippen LogP contribution in [0.15, 0.2) is 0 Å². The highest BCUT2D eigenvalue weighted by Crippen LogP contribution is 2.19. The molecule has 1 saturated heterocycles. The van der Waals surface area contributed by atoms with Gasteiger partial charge >= 0.3 is 0 Å². The van der Waals surface area contributed by atoms with Crippen molar-refractivity contribution in [3.8, 4) is 0 Å². The SMILES string of the molecule is CCCCCCCCCCCC(O)[N+]1([O-])CCOCC1. The van der Waals surface area contributed by atoms with Gasteiger partial charge in [0.05, 0.1) is 13.2 Å². The molecule has 0 bridgehead atoms. The quantitative estimate of drug-likeness (QED) is 0.359. The molecule has 0 amide bonds. The second-order valence-electron chi connectivity index (χ2n) is 6.11. The van der Waals surface area contributed by atoms with Gasteiger partial charge < -0.3 is 19.7 Å². The zero-order chi connectivity index (χ0) is 14.7. The van der Waals surface area contributed by atoms with E-state index in [0.29, 0.717) is 32.7 Å². The van der Waals surface area contributed by atoms with Crippen molar-refractivity contribution in [2.75, 3.05) is 26.3 Å². The number of aliphatic hydroxyl groups is 1. The number of morpholine rings is 1. The zero-order valence-electron chi connectivity index (χ0n) is 13.2. The summed E-state index contributed by atoms with van der Waals surface area (Å²) in [6, 6.07) is 0. The topological polar surface area (TPSA) is 52.5 Å². The van der Waals surface area contributed by atoms with E-state index in [1.54, 1.807) is 0 Å². The molecule has 0 radical (unpaired) electrons. The van der Waals surface area contributed by atoms with Gasteiger partial charge in [0.1, 0.15) is 13.1 Å². The Morgan fingerprint density at radius 3 is 2.00 bits per heavy atom. The van der Waals surface area contributed by atoms with E-state index < -0.39 is 10.9 Å². The van der Waals surface area contributed by atoms with Crippen LogP contribution in [0.3, 0.4) is 0 Å². The van der Waals surface area contributed by atoms with Crippen LogP contribution in [0.4, 0.5) is 0 Å². The van der Waals surface area contributed by atoms with Crippen LogP contribution in [0.1, 0.15) is 71.1 Å². The van der Waals surface area contributed by atoms with Crippen molar-refractivity contribution in [1.29, 1.82) is 0 Å². The van der Waals surface area contributed by atoms with Crippen molar-refractivity contribution in [3.05, 3.63) is 5.21 Å². The largest absolute Gasteiger partial charge is 0.631 e. The summed E-state index contributed by atoms with van der Waals surface area (Å²) in [5.74, 6) is 0. The highest BCUT2D eigenvalue weighted by molar-refractivity contribution is 4.56. The van der Waals surface area contributed by atoms with Gasteiger partial charge in [-0.25, -0.2) is 0 Å². The molecule has 1 atom stereocenters. The first-order chi connectivity index (χ1) is 9.69. The monoisotopic (exact) mass is 287 g/mol. The third-order valence-corrected chi connectivity index (χ3v) is 4.34. The summed E-state index contributed by atoms with van der Waals surface area (Å²) >= 11 is 0. The van der Waals surface area contributed by atoms with E-state index in [1.165, 1.54) is 44.9 Å². The predicted molar refractivity (Wildman–Crippen MR) is 82.0 cm³/mol. The molecular formula is C16H33NO3. The Morgan fingerprint density at radius 2 is 1.45 bits per heavy atom. The zero-order valence-corrected chi connectivity index (χ0v) is 13.2. The van der Waals surface area contributed by atoms with E-state index >= 15 is 0 Å². The first-order valence-corrected chi connectivity index (χ1v) is 8.52. The standard InChI is InChI=1S/C16H33NO3/c1-2-3-4-5-6-7-8-9-10-11-16(18)17(19)12-14-20-15-13-17/h16,18H,2-15H2,1H3. The number of ether oxygens (including phenoxy) is 1. The molecule has 4 heteroatoms. The molecule has 0 spiro atoms. The minimum Gasteiger partial charge on any atom is -0.631 e. The van der Waals surface area contributed by atoms with Crippen LogP contribution in [-0.2, 0) is 4.74 Å². The van der Waals surface area contributed by atoms with Crippen LogP contribution in [0.25, 0.3) is 0 Å². The molecular weight excluding hydrogens is 254 g/mol. The molecule has 1 fully saturated rings. The predicted octanol–water partition coefficient (Wildman–Crippen LogP) is 3.57. The normalized spacial score (nSPS) is 19.9. The number of hydrogen-bond acceptors (Lipinski definition) is 3. The fraction of sp³-hybridized carbons (Fsp3) is 1.00. The van der Waals surface area contributed by atoms with Crippen LogP contribution in [-0.4, -0.2) is 42.3 Å². The van der Waals surface area contributed by atoms with Crippen LogP contribution >= 0.6 is 0 Å². The highest BCUT2D eigenvalue weighted by atomic mass is 16.6. The molecule has 0 aliphatic carbocycles. The molecule has 1 rings (SSSR count). The lowest BCUT2D eigenvalue weighted by atomic mass is 10.1. The second-order valence-corrected chi connectivity index (χ2v) is 6.11. The van der Waals surface area contributed by atoms with Crippen molar-refractivity contribution in [1.82, 2.24) is 0 Å². The van der Waals surface area contributed by atoms with Gasteiger partial charge in [-0.15, -0.1) is 0 Å². The van der Waals surface area contributed by atoms with E-state index in [-0.39, 0.29) is 0 Å². The molecule has 1 aliphatic heterocycles. The van der Waals surface area contributed by atoms with Crippen molar-refractivity contribution < 1.29 is 14.5 Å². The fourth-order valence-corrected chi connectivity index (χ4v) is 2.82. The molecule has 20 heavy (non-hydrogen) atoms. The Balaban J connectivity index is 1.95. The van der Waals surface area contributed by atoms with Gasteiger partial charge in [0.15, 0.2) is 6.23 Å². The van der Waals surface area contributed by atoms with Gasteiger partial charge in [0.25, 0.3) is 0 Å². The van der Waals surface area contributed by atoms with E-state index in [1.807, 2.05) is 0 Å². The van der Waals surface area contributed by atoms with E-state index in [9.17, 15) is 10.3 Å². The molecule has 4 nitrogen and oxygen atoms in total. The number of hydrogen-bond donors (Lipinski definition) is 1. The van der Waals surface area contributed by atoms with E-state index in [4.69, 9.17) is 4.74 Å². The average Bonchev–Trinajstić information content (AvgIpc) is 2.46. The van der Waals surface area contributed by atoms with Crippen molar-refractivity contribution in [2.45, 2.75) is 77.4 Å². The van der Waals surface area contributed by atoms with E-state index in [0.717, 1.165) is 12.8 Å². The minimum atomic E-state index is -0.747. The third kappa shape index (κ3) is 7.02. The maximum atomic E-state index is 12.3. The van der Waals surface area contributed by atoms with Crippen LogP contribution < -0.4 is 0 Å². The Bertz CT molecular complexity index is 230. The number of rotatable bonds is 11. The summed E-state index contributed by atoms with van der Waals surface area (Å²) in [4.78, 5) is 0. The number of aliphatic hydroxyl groups excluding tert-OH is 1. The van der Waals surface area contributed by atoms with Gasteiger partial charge in [-0.1, -0.05) is 58.3 Å². The Kier molecular flexibility index (Phi) is 9.44. The van der Waals surface area contributed by atoms with Gasteiger partial charge in [0, 0.05) is 6.42 Å². The lowest BCUT2D eigenvalue weighted by molar-refractivity contribution is -0.934. The maximum absolute atomic E-state index is 12.3. The molecule has 0 aromatic rings. The van der Waals surface area contributed by atoms with Crippen molar-refractivity contribution in [2.24, 2.45) is 0 Å². The lowest BCUT2D eigenvalue weighted by Gasteiger charge is -2.48. The maximum Gasteiger partial charge on any atom is 0.190 e. The van der Waals surface area contributed by atoms with Crippen LogP contribution in [0, 0.1) is 5.21 Å². The smallest absolute Gasteiger partial charge is 0.190 e. The molecule has 1 heterocycles. The number of quaternary nitrogens is 1. The number of nitrogens with zero attached hydrogens (tertiary/aromatic N) is 1. The third-order valence-electron chi connectivity index (χ3n) is 4.34. The summed E-state index contributed by atoms with van der Waals surface area (Å²) < 4.78 is 4.72. The summed E-state index contributed by atoms with van der Waals surface area (Å²) in [5.41, 5.74) is 0.